The number of nitrogens with one attached hydrogen (secondary N) is 2. The van der Waals surface area contributed by atoms with Crippen molar-refractivity contribution in [1.82, 2.24) is 20.2 Å². The summed E-state index contributed by atoms with van der Waals surface area (Å²) in [6.07, 6.45) is 5.06. The molecule has 1 aliphatic heterocycles. The van der Waals surface area contributed by atoms with Crippen molar-refractivity contribution in [3.05, 3.63) is 53.3 Å². The number of nitrogens with zero attached hydrogens (tertiary/aromatic N) is 2. The molecule has 2 aromatic heterocycles. The summed E-state index contributed by atoms with van der Waals surface area (Å²) in [7, 11) is 2.07. The summed E-state index contributed by atoms with van der Waals surface area (Å²) in [4.78, 5) is 4.44. The van der Waals surface area contributed by atoms with E-state index in [0.717, 1.165) is 41.4 Å². The first-order valence-electron chi connectivity index (χ1n) is 8.34. The number of aryl methyl sites for hydroxylation is 1. The van der Waals surface area contributed by atoms with Crippen LogP contribution in [-0.4, -0.2) is 28.7 Å². The summed E-state index contributed by atoms with van der Waals surface area (Å²) in [5.41, 5.74) is 4.64. The van der Waals surface area contributed by atoms with E-state index >= 15 is 0 Å². The molecule has 1 fully saturated rings. The third-order valence-corrected chi connectivity index (χ3v) is 4.99. The van der Waals surface area contributed by atoms with E-state index in [2.05, 4.69) is 45.4 Å². The predicted molar refractivity (Wildman–Crippen MR) is 99.3 cm³/mol. The number of pyridine rings is 1. The summed E-state index contributed by atoms with van der Waals surface area (Å²) in [6.45, 7) is 3.01. The van der Waals surface area contributed by atoms with Gasteiger partial charge in [-0.3, -0.25) is 4.98 Å². The molecule has 4 nitrogen and oxygen atoms in total. The molecule has 0 spiro atoms. The number of rotatable bonds is 4. The zero-order chi connectivity index (χ0) is 16.5. The van der Waals surface area contributed by atoms with Gasteiger partial charge in [-0.1, -0.05) is 17.7 Å². The summed E-state index contributed by atoms with van der Waals surface area (Å²) in [5, 5.41) is 8.93. The number of fused-ring (bicyclic) bond motifs is 1. The summed E-state index contributed by atoms with van der Waals surface area (Å²) < 4.78 is 2.18. The Labute approximate surface area is 146 Å². The van der Waals surface area contributed by atoms with E-state index < -0.39 is 0 Å². The van der Waals surface area contributed by atoms with Gasteiger partial charge in [-0.15, -0.1) is 0 Å². The molecule has 0 aliphatic carbocycles. The lowest BCUT2D eigenvalue weighted by molar-refractivity contribution is 0.547. The third kappa shape index (κ3) is 3.05. The highest BCUT2D eigenvalue weighted by Crippen LogP contribution is 2.29. The van der Waals surface area contributed by atoms with E-state index in [4.69, 9.17) is 11.6 Å². The molecule has 0 bridgehead atoms. The number of halogens is 1. The maximum atomic E-state index is 6.14. The molecule has 1 atom stereocenters. The minimum absolute atomic E-state index is 0.563. The van der Waals surface area contributed by atoms with Crippen molar-refractivity contribution in [2.75, 3.05) is 13.1 Å². The fourth-order valence-corrected chi connectivity index (χ4v) is 3.56. The van der Waals surface area contributed by atoms with Crippen molar-refractivity contribution in [2.45, 2.75) is 19.0 Å². The van der Waals surface area contributed by atoms with Crippen LogP contribution in [0.15, 0.2) is 42.7 Å². The zero-order valence-electron chi connectivity index (χ0n) is 13.7. The number of hydrogen-bond donors (Lipinski definition) is 2. The molecular weight excluding hydrogens is 320 g/mol. The maximum Gasteiger partial charge on any atom is 0.0504 e. The molecule has 0 unspecified atom stereocenters. The second kappa shape index (κ2) is 6.55. The fraction of sp³-hybridized carbons (Fsp3) is 0.316. The van der Waals surface area contributed by atoms with Crippen molar-refractivity contribution in [3.8, 4) is 11.3 Å². The predicted octanol–water partition coefficient (Wildman–Crippen LogP) is 3.35. The minimum Gasteiger partial charge on any atom is -0.344 e. The van der Waals surface area contributed by atoms with E-state index in [0.29, 0.717) is 6.04 Å². The van der Waals surface area contributed by atoms with Gasteiger partial charge in [0, 0.05) is 60.1 Å². The second-order valence-corrected chi connectivity index (χ2v) is 6.88. The molecule has 1 aliphatic rings. The van der Waals surface area contributed by atoms with Gasteiger partial charge >= 0.3 is 0 Å². The summed E-state index contributed by atoms with van der Waals surface area (Å²) >= 11 is 6.14. The van der Waals surface area contributed by atoms with Crippen LogP contribution in [-0.2, 0) is 13.6 Å². The Morgan fingerprint density at radius 1 is 1.29 bits per heavy atom. The Bertz CT molecular complexity index is 865. The van der Waals surface area contributed by atoms with E-state index in [1.165, 1.54) is 17.4 Å². The fourth-order valence-electron chi connectivity index (χ4n) is 3.40. The normalized spacial score (nSPS) is 17.7. The molecule has 1 aromatic carbocycles. The lowest BCUT2D eigenvalue weighted by atomic mass is 10.1. The van der Waals surface area contributed by atoms with Crippen LogP contribution in [0, 0.1) is 0 Å². The molecule has 0 saturated carbocycles. The van der Waals surface area contributed by atoms with Crippen molar-refractivity contribution in [3.63, 3.8) is 0 Å². The van der Waals surface area contributed by atoms with Crippen molar-refractivity contribution in [2.24, 2.45) is 7.05 Å². The molecule has 0 amide bonds. The lowest BCUT2D eigenvalue weighted by Crippen LogP contribution is -2.30. The van der Waals surface area contributed by atoms with Gasteiger partial charge in [0.25, 0.3) is 0 Å². The molecule has 4 rings (SSSR count). The van der Waals surface area contributed by atoms with Crippen molar-refractivity contribution < 1.29 is 0 Å². The van der Waals surface area contributed by atoms with Crippen LogP contribution in [0.1, 0.15) is 12.0 Å². The molecule has 3 heterocycles. The average Bonchev–Trinajstić information content (AvgIpc) is 3.22. The van der Waals surface area contributed by atoms with Gasteiger partial charge in [0.15, 0.2) is 0 Å². The van der Waals surface area contributed by atoms with E-state index in [-0.39, 0.29) is 0 Å². The quantitative estimate of drug-likeness (QED) is 0.765. The minimum atomic E-state index is 0.563. The number of hydrogen-bond acceptors (Lipinski definition) is 3. The van der Waals surface area contributed by atoms with Gasteiger partial charge in [-0.05, 0) is 42.8 Å². The topological polar surface area (TPSA) is 41.9 Å². The maximum absolute atomic E-state index is 6.14. The Hall–Kier alpha value is -1.88. The Balaban J connectivity index is 1.62. The molecule has 24 heavy (non-hydrogen) atoms. The van der Waals surface area contributed by atoms with Crippen LogP contribution in [0.4, 0.5) is 0 Å². The van der Waals surface area contributed by atoms with Gasteiger partial charge in [0.05, 0.1) is 5.69 Å². The molecule has 1 saturated heterocycles. The van der Waals surface area contributed by atoms with E-state index in [1.807, 2.05) is 24.5 Å². The number of benzene rings is 1. The SMILES string of the molecule is Cn1c(-c2cncc(CN[C@@H]3CCNC3)c2)cc2ccc(Cl)cc21. The summed E-state index contributed by atoms with van der Waals surface area (Å²) in [6, 6.07) is 11.0. The van der Waals surface area contributed by atoms with Crippen LogP contribution in [0.2, 0.25) is 5.02 Å². The standard InChI is InChI=1S/C19H21ClN4/c1-24-18(7-14-2-3-16(20)8-19(14)24)15-6-13(9-22-11-15)10-23-17-4-5-21-12-17/h2-3,6-9,11,17,21,23H,4-5,10,12H2,1H3/t17-/m1/s1. The van der Waals surface area contributed by atoms with E-state index in [1.54, 1.807) is 0 Å². The van der Waals surface area contributed by atoms with Crippen molar-refractivity contribution in [1.29, 1.82) is 0 Å². The Morgan fingerprint density at radius 2 is 2.21 bits per heavy atom. The largest absolute Gasteiger partial charge is 0.344 e. The molecule has 0 radical (unpaired) electrons. The van der Waals surface area contributed by atoms with Gasteiger partial charge in [0.1, 0.15) is 0 Å². The Morgan fingerprint density at radius 3 is 3.04 bits per heavy atom. The van der Waals surface area contributed by atoms with Crippen LogP contribution < -0.4 is 10.6 Å². The lowest BCUT2D eigenvalue weighted by Gasteiger charge is -2.12. The Kier molecular flexibility index (Phi) is 4.27. The van der Waals surface area contributed by atoms with Gasteiger partial charge in [0.2, 0.25) is 0 Å². The smallest absolute Gasteiger partial charge is 0.0504 e. The zero-order valence-corrected chi connectivity index (χ0v) is 14.5. The van der Waals surface area contributed by atoms with Crippen LogP contribution in [0.5, 0.6) is 0 Å². The number of aromatic nitrogens is 2. The highest BCUT2D eigenvalue weighted by Gasteiger charge is 2.14. The molecule has 2 N–H and O–H groups in total. The molecular formula is C19H21ClN4. The first kappa shape index (κ1) is 15.6. The highest BCUT2D eigenvalue weighted by molar-refractivity contribution is 6.31. The third-order valence-electron chi connectivity index (χ3n) is 4.75. The van der Waals surface area contributed by atoms with Crippen LogP contribution in [0.3, 0.4) is 0 Å². The molecule has 124 valence electrons. The average molecular weight is 341 g/mol. The second-order valence-electron chi connectivity index (χ2n) is 6.44. The van der Waals surface area contributed by atoms with Crippen LogP contribution in [0.25, 0.3) is 22.2 Å². The van der Waals surface area contributed by atoms with Crippen LogP contribution >= 0.6 is 11.6 Å². The molecule has 5 heteroatoms. The summed E-state index contributed by atoms with van der Waals surface area (Å²) in [5.74, 6) is 0. The van der Waals surface area contributed by atoms with Gasteiger partial charge in [-0.25, -0.2) is 0 Å². The van der Waals surface area contributed by atoms with Gasteiger partial charge in [-0.2, -0.15) is 0 Å². The first-order valence-corrected chi connectivity index (χ1v) is 8.72. The highest BCUT2D eigenvalue weighted by atomic mass is 35.5. The first-order chi connectivity index (χ1) is 11.7. The van der Waals surface area contributed by atoms with Crippen molar-refractivity contribution >= 4 is 22.5 Å². The van der Waals surface area contributed by atoms with Gasteiger partial charge < -0.3 is 15.2 Å². The van der Waals surface area contributed by atoms with E-state index in [9.17, 15) is 0 Å². The monoisotopic (exact) mass is 340 g/mol. The molecule has 3 aromatic rings.